The highest BCUT2D eigenvalue weighted by Gasteiger charge is 2.21. The highest BCUT2D eigenvalue weighted by molar-refractivity contribution is 5.80. The van der Waals surface area contributed by atoms with Crippen LogP contribution in [0.4, 0.5) is 0 Å². The van der Waals surface area contributed by atoms with Crippen LogP contribution < -0.4 is 20.1 Å². The van der Waals surface area contributed by atoms with E-state index in [4.69, 9.17) is 14.5 Å². The number of hydrogen-bond donors (Lipinski definition) is 2. The minimum absolute atomic E-state index is 0.279. The van der Waals surface area contributed by atoms with E-state index in [0.29, 0.717) is 13.2 Å². The maximum absolute atomic E-state index is 5.66. The molecule has 0 amide bonds. The number of aromatic nitrogens is 3. The van der Waals surface area contributed by atoms with Crippen molar-refractivity contribution in [2.45, 2.75) is 52.7 Å². The second kappa shape index (κ2) is 9.43. The Bertz CT molecular complexity index is 817. The van der Waals surface area contributed by atoms with Gasteiger partial charge in [-0.25, -0.2) is 14.7 Å². The van der Waals surface area contributed by atoms with E-state index in [2.05, 4.69) is 27.6 Å². The minimum Gasteiger partial charge on any atom is -0.493 e. The zero-order chi connectivity index (χ0) is 19.9. The molecule has 1 unspecified atom stereocenters. The van der Waals surface area contributed by atoms with Crippen LogP contribution in [0.25, 0.3) is 0 Å². The van der Waals surface area contributed by atoms with Gasteiger partial charge in [-0.2, -0.15) is 5.10 Å². The fraction of sp³-hybridized carbons (Fsp3) is 0.550. The molecule has 28 heavy (non-hydrogen) atoms. The Morgan fingerprint density at radius 3 is 2.93 bits per heavy atom. The molecular formula is C20H30N6O2. The number of rotatable bonds is 7. The highest BCUT2D eigenvalue weighted by Crippen LogP contribution is 2.28. The van der Waals surface area contributed by atoms with Gasteiger partial charge in [-0.3, -0.25) is 0 Å². The molecule has 2 aromatic rings. The number of nitrogens with zero attached hydrogens (tertiary/aromatic N) is 4. The molecule has 0 radical (unpaired) electrons. The second-order valence-electron chi connectivity index (χ2n) is 6.75. The van der Waals surface area contributed by atoms with Crippen LogP contribution in [-0.2, 0) is 19.5 Å². The topological polar surface area (TPSA) is 85.6 Å². The van der Waals surface area contributed by atoms with Crippen molar-refractivity contribution in [3.63, 3.8) is 0 Å². The normalized spacial score (nSPS) is 16.4. The monoisotopic (exact) mass is 386 g/mol. The van der Waals surface area contributed by atoms with Crippen LogP contribution in [0.5, 0.6) is 11.5 Å². The van der Waals surface area contributed by atoms with Gasteiger partial charge >= 0.3 is 0 Å². The summed E-state index contributed by atoms with van der Waals surface area (Å²) in [5.74, 6) is 4.19. The van der Waals surface area contributed by atoms with Crippen LogP contribution in [-0.4, -0.2) is 47.0 Å². The lowest BCUT2D eigenvalue weighted by Gasteiger charge is -2.25. The van der Waals surface area contributed by atoms with E-state index in [1.54, 1.807) is 7.11 Å². The van der Waals surface area contributed by atoms with E-state index in [1.165, 1.54) is 0 Å². The number of nitrogens with one attached hydrogen (secondary N) is 2. The predicted molar refractivity (Wildman–Crippen MR) is 109 cm³/mol. The lowest BCUT2D eigenvalue weighted by molar-refractivity contribution is 0.310. The van der Waals surface area contributed by atoms with Gasteiger partial charge in [-0.05, 0) is 44.9 Å². The molecular weight excluding hydrogens is 356 g/mol. The van der Waals surface area contributed by atoms with Crippen molar-refractivity contribution in [2.24, 2.45) is 4.99 Å². The van der Waals surface area contributed by atoms with Crippen molar-refractivity contribution >= 4 is 5.96 Å². The van der Waals surface area contributed by atoms with E-state index in [0.717, 1.165) is 60.6 Å². The maximum Gasteiger partial charge on any atom is 0.191 e. The number of benzene rings is 1. The fourth-order valence-corrected chi connectivity index (χ4v) is 3.32. The maximum atomic E-state index is 5.66. The van der Waals surface area contributed by atoms with E-state index in [9.17, 15) is 0 Å². The van der Waals surface area contributed by atoms with Gasteiger partial charge in [0.1, 0.15) is 11.6 Å². The molecule has 152 valence electrons. The van der Waals surface area contributed by atoms with Crippen LogP contribution in [0, 0.1) is 6.92 Å². The molecule has 1 aromatic heterocycles. The van der Waals surface area contributed by atoms with Gasteiger partial charge in [0.25, 0.3) is 0 Å². The third-order valence-electron chi connectivity index (χ3n) is 4.60. The van der Waals surface area contributed by atoms with Gasteiger partial charge in [0, 0.05) is 19.0 Å². The van der Waals surface area contributed by atoms with Gasteiger partial charge in [-0.1, -0.05) is 6.07 Å². The number of guanidine groups is 1. The molecule has 0 saturated carbocycles. The lowest BCUT2D eigenvalue weighted by atomic mass is 10.1. The Labute approximate surface area is 166 Å². The van der Waals surface area contributed by atoms with Gasteiger partial charge in [0.15, 0.2) is 17.5 Å². The Morgan fingerprint density at radius 1 is 1.32 bits per heavy atom. The molecule has 0 saturated heterocycles. The predicted octanol–water partition coefficient (Wildman–Crippen LogP) is 2.06. The van der Waals surface area contributed by atoms with Crippen LogP contribution >= 0.6 is 0 Å². The molecule has 8 heteroatoms. The molecule has 0 aliphatic carbocycles. The summed E-state index contributed by atoms with van der Waals surface area (Å²) in [6.07, 6.45) is 1.94. The Hall–Kier alpha value is -2.77. The number of ether oxygens (including phenoxy) is 2. The van der Waals surface area contributed by atoms with Gasteiger partial charge < -0.3 is 20.1 Å². The first kappa shape index (κ1) is 20.0. The zero-order valence-corrected chi connectivity index (χ0v) is 17.2. The number of hydrogen-bond acceptors (Lipinski definition) is 5. The molecule has 1 aliphatic heterocycles. The van der Waals surface area contributed by atoms with Crippen molar-refractivity contribution in [3.8, 4) is 11.5 Å². The average molecular weight is 387 g/mol. The third-order valence-corrected chi connectivity index (χ3v) is 4.60. The van der Waals surface area contributed by atoms with Crippen molar-refractivity contribution in [1.82, 2.24) is 25.4 Å². The Morgan fingerprint density at radius 2 is 2.18 bits per heavy atom. The summed E-state index contributed by atoms with van der Waals surface area (Å²) in [5.41, 5.74) is 1.07. The molecule has 1 aliphatic rings. The molecule has 0 spiro atoms. The Kier molecular flexibility index (Phi) is 6.73. The molecule has 0 fully saturated rings. The first-order chi connectivity index (χ1) is 13.6. The summed E-state index contributed by atoms with van der Waals surface area (Å²) in [6, 6.07) is 6.20. The van der Waals surface area contributed by atoms with Gasteiger partial charge in [0.2, 0.25) is 0 Å². The van der Waals surface area contributed by atoms with Crippen LogP contribution in [0.2, 0.25) is 0 Å². The van der Waals surface area contributed by atoms with Crippen LogP contribution in [0.3, 0.4) is 0 Å². The summed E-state index contributed by atoms with van der Waals surface area (Å²) in [6.45, 7) is 8.72. The van der Waals surface area contributed by atoms with Crippen molar-refractivity contribution in [2.75, 3.05) is 20.3 Å². The lowest BCUT2D eigenvalue weighted by Crippen LogP contribution is -2.47. The zero-order valence-electron chi connectivity index (χ0n) is 17.2. The van der Waals surface area contributed by atoms with Gasteiger partial charge in [-0.15, -0.1) is 0 Å². The first-order valence-corrected chi connectivity index (χ1v) is 9.87. The molecule has 1 aromatic carbocycles. The quantitative estimate of drug-likeness (QED) is 0.560. The summed E-state index contributed by atoms with van der Waals surface area (Å²) >= 11 is 0. The molecule has 3 rings (SSSR count). The summed E-state index contributed by atoms with van der Waals surface area (Å²) < 4.78 is 13.0. The Balaban J connectivity index is 1.67. The third kappa shape index (κ3) is 4.94. The molecule has 1 atom stereocenters. The van der Waals surface area contributed by atoms with E-state index < -0.39 is 0 Å². The largest absolute Gasteiger partial charge is 0.493 e. The summed E-state index contributed by atoms with van der Waals surface area (Å²) in [7, 11) is 1.65. The van der Waals surface area contributed by atoms with Crippen molar-refractivity contribution in [1.29, 1.82) is 0 Å². The van der Waals surface area contributed by atoms with Crippen molar-refractivity contribution < 1.29 is 9.47 Å². The average Bonchev–Trinajstić information content (AvgIpc) is 3.06. The highest BCUT2D eigenvalue weighted by atomic mass is 16.5. The summed E-state index contributed by atoms with van der Waals surface area (Å²) in [5, 5.41) is 11.3. The molecule has 2 heterocycles. The van der Waals surface area contributed by atoms with E-state index in [1.807, 2.05) is 36.7 Å². The SMILES string of the molecule is CCNC(=NCc1ccc(OC)c(OCC)c1)NC1CCc2nc(C)nn2C1. The van der Waals surface area contributed by atoms with Crippen LogP contribution in [0.1, 0.15) is 37.5 Å². The first-order valence-electron chi connectivity index (χ1n) is 9.87. The van der Waals surface area contributed by atoms with E-state index in [-0.39, 0.29) is 6.04 Å². The number of aryl methyl sites for hydroxylation is 2. The van der Waals surface area contributed by atoms with Gasteiger partial charge in [0.05, 0.1) is 26.8 Å². The number of methoxy groups -OCH3 is 1. The van der Waals surface area contributed by atoms with Crippen molar-refractivity contribution in [3.05, 3.63) is 35.4 Å². The van der Waals surface area contributed by atoms with Crippen LogP contribution in [0.15, 0.2) is 23.2 Å². The summed E-state index contributed by atoms with van der Waals surface area (Å²) in [4.78, 5) is 9.22. The smallest absolute Gasteiger partial charge is 0.191 e. The fourth-order valence-electron chi connectivity index (χ4n) is 3.32. The molecule has 8 nitrogen and oxygen atoms in total. The number of aliphatic imine (C=N–C) groups is 1. The standard InChI is InChI=1S/C20H30N6O2/c1-5-21-20(24-16-8-10-19-23-14(3)25-26(19)13-16)22-12-15-7-9-17(27-4)18(11-15)28-6-2/h7,9,11,16H,5-6,8,10,12-13H2,1-4H3,(H2,21,22,24). The number of fused-ring (bicyclic) bond motifs is 1. The minimum atomic E-state index is 0.279. The van der Waals surface area contributed by atoms with E-state index >= 15 is 0 Å². The molecule has 2 N–H and O–H groups in total. The molecule has 0 bridgehead atoms. The second-order valence-corrected chi connectivity index (χ2v) is 6.75.